The largest absolute Gasteiger partial charge is 0.325 e. The van der Waals surface area contributed by atoms with Crippen molar-refractivity contribution < 1.29 is 13.2 Å². The van der Waals surface area contributed by atoms with E-state index in [1.165, 1.54) is 18.6 Å². The number of hydrogen-bond donors (Lipinski definition) is 1. The minimum Gasteiger partial charge on any atom is -0.325 e. The molecule has 0 bridgehead atoms. The third-order valence-corrected chi connectivity index (χ3v) is 4.97. The monoisotopic (exact) mass is 324 g/mol. The summed E-state index contributed by atoms with van der Waals surface area (Å²) < 4.78 is 23.1. The summed E-state index contributed by atoms with van der Waals surface area (Å²) in [7, 11) is -3.26. The van der Waals surface area contributed by atoms with Crippen LogP contribution in [0.3, 0.4) is 0 Å². The second-order valence-electron chi connectivity index (χ2n) is 6.49. The molecule has 1 heterocycles. The number of hydrogen-bond acceptors (Lipinski definition) is 4. The summed E-state index contributed by atoms with van der Waals surface area (Å²) in [5.41, 5.74) is 0.519. The van der Waals surface area contributed by atoms with Crippen molar-refractivity contribution in [1.29, 1.82) is 0 Å². The van der Waals surface area contributed by atoms with Gasteiger partial charge in [-0.3, -0.25) is 9.69 Å². The number of amides is 1. The lowest BCUT2D eigenvalue weighted by molar-refractivity contribution is -0.117. The molecule has 6 heteroatoms. The number of nitrogens with one attached hydrogen (secondary N) is 1. The first-order valence-corrected chi connectivity index (χ1v) is 9.45. The second-order valence-corrected chi connectivity index (χ2v) is 8.50. The van der Waals surface area contributed by atoms with Crippen LogP contribution in [0, 0.1) is 11.8 Å². The number of rotatable bonds is 4. The first kappa shape index (κ1) is 17.0. The Morgan fingerprint density at radius 1 is 1.27 bits per heavy atom. The molecule has 1 aliphatic rings. The van der Waals surface area contributed by atoms with Crippen molar-refractivity contribution >= 4 is 21.4 Å². The van der Waals surface area contributed by atoms with E-state index in [1.54, 1.807) is 12.1 Å². The van der Waals surface area contributed by atoms with Gasteiger partial charge in [0.05, 0.1) is 11.4 Å². The number of likely N-dealkylation sites (tertiary alicyclic amines) is 1. The Morgan fingerprint density at radius 3 is 2.50 bits per heavy atom. The average Bonchev–Trinajstić information content (AvgIpc) is 2.36. The van der Waals surface area contributed by atoms with Gasteiger partial charge in [0.15, 0.2) is 9.84 Å². The van der Waals surface area contributed by atoms with Crippen LogP contribution in [0.1, 0.15) is 20.3 Å². The number of sulfone groups is 1. The molecular formula is C16H24N2O3S. The van der Waals surface area contributed by atoms with Gasteiger partial charge in [-0.15, -0.1) is 0 Å². The average molecular weight is 324 g/mol. The molecule has 0 radical (unpaired) electrons. The molecule has 122 valence electrons. The molecule has 1 aromatic rings. The number of piperidine rings is 1. The number of carbonyl (C=O) groups is 1. The van der Waals surface area contributed by atoms with Crippen molar-refractivity contribution in [2.45, 2.75) is 25.2 Å². The Balaban J connectivity index is 1.97. The fourth-order valence-corrected chi connectivity index (χ4v) is 3.80. The second kappa shape index (κ2) is 6.79. The van der Waals surface area contributed by atoms with Crippen molar-refractivity contribution in [3.8, 4) is 0 Å². The molecule has 1 saturated heterocycles. The van der Waals surface area contributed by atoms with Crippen LogP contribution in [0.2, 0.25) is 0 Å². The van der Waals surface area contributed by atoms with Gasteiger partial charge in [0.25, 0.3) is 0 Å². The van der Waals surface area contributed by atoms with Crippen molar-refractivity contribution in [2.24, 2.45) is 11.8 Å². The molecule has 1 aliphatic heterocycles. The van der Waals surface area contributed by atoms with Gasteiger partial charge in [0, 0.05) is 25.0 Å². The van der Waals surface area contributed by atoms with E-state index in [-0.39, 0.29) is 10.8 Å². The van der Waals surface area contributed by atoms with E-state index in [4.69, 9.17) is 0 Å². The van der Waals surface area contributed by atoms with Gasteiger partial charge in [0.2, 0.25) is 5.91 Å². The zero-order chi connectivity index (χ0) is 16.3. The van der Waals surface area contributed by atoms with Crippen LogP contribution in [0.4, 0.5) is 5.69 Å². The highest BCUT2D eigenvalue weighted by Gasteiger charge is 2.23. The lowest BCUT2D eigenvalue weighted by Gasteiger charge is -2.34. The Kier molecular flexibility index (Phi) is 5.24. The Hall–Kier alpha value is -1.40. The Bertz CT molecular complexity index is 633. The lowest BCUT2D eigenvalue weighted by atomic mass is 9.92. The molecular weight excluding hydrogens is 300 g/mol. The highest BCUT2D eigenvalue weighted by molar-refractivity contribution is 7.90. The SMILES string of the molecule is C[C@@H]1C[C@H](C)CN(CC(=O)Nc2cccc(S(C)(=O)=O)c2)C1. The molecule has 1 amide bonds. The molecule has 1 fully saturated rings. The summed E-state index contributed by atoms with van der Waals surface area (Å²) >= 11 is 0. The molecule has 2 rings (SSSR count). The summed E-state index contributed by atoms with van der Waals surface area (Å²) in [6.45, 7) is 6.62. The summed E-state index contributed by atoms with van der Waals surface area (Å²) in [5.74, 6) is 1.10. The maximum atomic E-state index is 12.2. The number of anilines is 1. The minimum absolute atomic E-state index is 0.105. The molecule has 0 aliphatic carbocycles. The first-order chi connectivity index (χ1) is 10.2. The van der Waals surface area contributed by atoms with Crippen LogP contribution < -0.4 is 5.32 Å². The highest BCUT2D eigenvalue weighted by Crippen LogP contribution is 2.21. The predicted octanol–water partition coefficient (Wildman–Crippen LogP) is 2.01. The molecule has 0 spiro atoms. The highest BCUT2D eigenvalue weighted by atomic mass is 32.2. The fourth-order valence-electron chi connectivity index (χ4n) is 3.13. The summed E-state index contributed by atoms with van der Waals surface area (Å²) in [6.07, 6.45) is 2.36. The van der Waals surface area contributed by atoms with Crippen molar-refractivity contribution in [2.75, 3.05) is 31.2 Å². The maximum absolute atomic E-state index is 12.2. The molecule has 22 heavy (non-hydrogen) atoms. The smallest absolute Gasteiger partial charge is 0.238 e. The quantitative estimate of drug-likeness (QED) is 0.920. The van der Waals surface area contributed by atoms with E-state index >= 15 is 0 Å². The molecule has 0 unspecified atom stereocenters. The zero-order valence-electron chi connectivity index (χ0n) is 13.4. The number of nitrogens with zero attached hydrogens (tertiary/aromatic N) is 1. The Morgan fingerprint density at radius 2 is 1.91 bits per heavy atom. The van der Waals surface area contributed by atoms with E-state index in [2.05, 4.69) is 24.1 Å². The van der Waals surface area contributed by atoms with Crippen LogP contribution >= 0.6 is 0 Å². The minimum atomic E-state index is -3.26. The molecule has 0 aromatic heterocycles. The van der Waals surface area contributed by atoms with E-state index < -0.39 is 9.84 Å². The van der Waals surface area contributed by atoms with Gasteiger partial charge in [-0.2, -0.15) is 0 Å². The third kappa shape index (κ3) is 4.81. The predicted molar refractivity (Wildman–Crippen MR) is 87.6 cm³/mol. The molecule has 5 nitrogen and oxygen atoms in total. The van der Waals surface area contributed by atoms with Crippen molar-refractivity contribution in [3.05, 3.63) is 24.3 Å². The van der Waals surface area contributed by atoms with Crippen molar-refractivity contribution in [1.82, 2.24) is 4.90 Å². The first-order valence-electron chi connectivity index (χ1n) is 7.56. The van der Waals surface area contributed by atoms with Crippen LogP contribution in [0.5, 0.6) is 0 Å². The van der Waals surface area contributed by atoms with Gasteiger partial charge in [-0.05, 0) is 36.5 Å². The molecule has 1 N–H and O–H groups in total. The fraction of sp³-hybridized carbons (Fsp3) is 0.562. The third-order valence-electron chi connectivity index (χ3n) is 3.86. The van der Waals surface area contributed by atoms with Gasteiger partial charge < -0.3 is 5.32 Å². The van der Waals surface area contributed by atoms with Crippen LogP contribution in [-0.4, -0.2) is 45.1 Å². The maximum Gasteiger partial charge on any atom is 0.238 e. The van der Waals surface area contributed by atoms with Crippen LogP contribution in [0.25, 0.3) is 0 Å². The Labute approximate surface area is 132 Å². The van der Waals surface area contributed by atoms with Gasteiger partial charge in [0.1, 0.15) is 0 Å². The topological polar surface area (TPSA) is 66.5 Å². The van der Waals surface area contributed by atoms with E-state index in [1.807, 2.05) is 0 Å². The van der Waals surface area contributed by atoms with Crippen molar-refractivity contribution in [3.63, 3.8) is 0 Å². The van der Waals surface area contributed by atoms with Gasteiger partial charge in [-0.25, -0.2) is 8.42 Å². The van der Waals surface area contributed by atoms with E-state index in [9.17, 15) is 13.2 Å². The standard InChI is InChI=1S/C16H24N2O3S/c1-12-7-13(2)10-18(9-12)11-16(19)17-14-5-4-6-15(8-14)22(3,20)21/h4-6,8,12-13H,7,9-11H2,1-3H3,(H,17,19)/t12-,13+. The van der Waals surface area contributed by atoms with Crippen LogP contribution in [-0.2, 0) is 14.6 Å². The molecule has 2 atom stereocenters. The van der Waals surface area contributed by atoms with E-state index in [0.29, 0.717) is 24.1 Å². The van der Waals surface area contributed by atoms with Crippen LogP contribution in [0.15, 0.2) is 29.2 Å². The molecule has 0 saturated carbocycles. The lowest BCUT2D eigenvalue weighted by Crippen LogP contribution is -2.42. The summed E-state index contributed by atoms with van der Waals surface area (Å²) in [6, 6.07) is 6.36. The van der Waals surface area contributed by atoms with E-state index in [0.717, 1.165) is 19.3 Å². The number of carbonyl (C=O) groups excluding carboxylic acids is 1. The number of benzene rings is 1. The summed E-state index contributed by atoms with van der Waals surface area (Å²) in [4.78, 5) is 14.5. The normalized spacial score (nSPS) is 23.2. The molecule has 1 aromatic carbocycles. The van der Waals surface area contributed by atoms with Gasteiger partial charge >= 0.3 is 0 Å². The van der Waals surface area contributed by atoms with Gasteiger partial charge in [-0.1, -0.05) is 19.9 Å². The zero-order valence-corrected chi connectivity index (χ0v) is 14.2. The summed E-state index contributed by atoms with van der Waals surface area (Å²) in [5, 5.41) is 2.79.